The number of fused-ring (bicyclic) bond motifs is 1. The monoisotopic (exact) mass is 428 g/mol. The zero-order valence-corrected chi connectivity index (χ0v) is 20.3. The minimum atomic E-state index is -0.681. The van der Waals surface area contributed by atoms with Gasteiger partial charge in [-0.1, -0.05) is 62.8 Å². The maximum Gasteiger partial charge on any atom is 0.0809 e. The van der Waals surface area contributed by atoms with E-state index < -0.39 is 17.8 Å². The zero-order valence-electron chi connectivity index (χ0n) is 20.3. The quantitative estimate of drug-likeness (QED) is 0.490. The largest absolute Gasteiger partial charge is 0.390 e. The van der Waals surface area contributed by atoms with Gasteiger partial charge in [-0.05, 0) is 87.5 Å². The van der Waals surface area contributed by atoms with Gasteiger partial charge < -0.3 is 15.3 Å². The van der Waals surface area contributed by atoms with Gasteiger partial charge in [0.25, 0.3) is 0 Å². The first-order valence-electron chi connectivity index (χ1n) is 12.3. The number of aliphatic hydroxyl groups excluding tert-OH is 2. The molecule has 0 aromatic carbocycles. The molecular formula is C28H44O3. The number of hydrogen-bond donors (Lipinski definition) is 3. The highest BCUT2D eigenvalue weighted by molar-refractivity contribution is 5.29. The fourth-order valence-corrected chi connectivity index (χ4v) is 6.28. The van der Waals surface area contributed by atoms with Crippen LogP contribution in [-0.4, -0.2) is 33.1 Å². The van der Waals surface area contributed by atoms with Crippen LogP contribution in [0.2, 0.25) is 0 Å². The van der Waals surface area contributed by atoms with Crippen LogP contribution in [0.5, 0.6) is 0 Å². The van der Waals surface area contributed by atoms with Gasteiger partial charge >= 0.3 is 0 Å². The second-order valence-corrected chi connectivity index (χ2v) is 11.4. The Morgan fingerprint density at radius 1 is 1.06 bits per heavy atom. The van der Waals surface area contributed by atoms with E-state index in [4.69, 9.17) is 0 Å². The Bertz CT molecular complexity index is 737. The molecule has 31 heavy (non-hydrogen) atoms. The van der Waals surface area contributed by atoms with Crippen molar-refractivity contribution in [1.29, 1.82) is 0 Å². The third kappa shape index (κ3) is 5.26. The Morgan fingerprint density at radius 3 is 2.32 bits per heavy atom. The minimum absolute atomic E-state index is 0.144. The van der Waals surface area contributed by atoms with Crippen LogP contribution < -0.4 is 0 Å². The van der Waals surface area contributed by atoms with Gasteiger partial charge in [0.15, 0.2) is 0 Å². The molecule has 3 nitrogen and oxygen atoms in total. The molecular weight excluding hydrogens is 384 g/mol. The summed E-state index contributed by atoms with van der Waals surface area (Å²) in [6, 6.07) is 0. The van der Waals surface area contributed by atoms with Crippen LogP contribution in [0.25, 0.3) is 0 Å². The summed E-state index contributed by atoms with van der Waals surface area (Å²) in [5, 5.41) is 30.5. The number of rotatable bonds is 5. The maximum atomic E-state index is 10.3. The molecule has 0 aromatic heterocycles. The van der Waals surface area contributed by atoms with Gasteiger partial charge in [0.2, 0.25) is 0 Å². The average Bonchev–Trinajstić information content (AvgIpc) is 3.05. The van der Waals surface area contributed by atoms with E-state index in [0.717, 1.165) is 12.0 Å². The maximum absolute atomic E-state index is 10.3. The van der Waals surface area contributed by atoms with E-state index in [-0.39, 0.29) is 5.92 Å². The highest BCUT2D eigenvalue weighted by atomic mass is 16.3. The second-order valence-electron chi connectivity index (χ2n) is 11.4. The summed E-state index contributed by atoms with van der Waals surface area (Å²) in [6.07, 6.45) is 15.1. The molecule has 174 valence electrons. The van der Waals surface area contributed by atoms with Crippen LogP contribution in [0.3, 0.4) is 0 Å². The molecule has 0 aromatic rings. The van der Waals surface area contributed by atoms with Crippen molar-refractivity contribution < 1.29 is 15.3 Å². The lowest BCUT2D eigenvalue weighted by atomic mass is 9.61. The predicted molar refractivity (Wildman–Crippen MR) is 128 cm³/mol. The van der Waals surface area contributed by atoms with Crippen LogP contribution in [0.15, 0.2) is 47.6 Å². The van der Waals surface area contributed by atoms with Crippen molar-refractivity contribution in [2.75, 3.05) is 0 Å². The molecule has 0 unspecified atom stereocenters. The summed E-state index contributed by atoms with van der Waals surface area (Å²) in [6.45, 7) is 14.5. The Hall–Kier alpha value is -1.16. The third-order valence-corrected chi connectivity index (χ3v) is 8.79. The van der Waals surface area contributed by atoms with Gasteiger partial charge in [0.05, 0.1) is 17.8 Å². The molecule has 0 saturated heterocycles. The van der Waals surface area contributed by atoms with E-state index >= 15 is 0 Å². The van der Waals surface area contributed by atoms with Gasteiger partial charge in [-0.15, -0.1) is 0 Å². The molecule has 3 rings (SSSR count). The molecule has 3 saturated carbocycles. The van der Waals surface area contributed by atoms with Crippen LogP contribution in [0.1, 0.15) is 79.6 Å². The smallest absolute Gasteiger partial charge is 0.0809 e. The minimum Gasteiger partial charge on any atom is -0.390 e. The van der Waals surface area contributed by atoms with Crippen LogP contribution in [-0.2, 0) is 0 Å². The lowest BCUT2D eigenvalue weighted by molar-refractivity contribution is 0.0436. The average molecular weight is 429 g/mol. The highest BCUT2D eigenvalue weighted by Crippen LogP contribution is 2.59. The molecule has 0 heterocycles. The van der Waals surface area contributed by atoms with Crippen molar-refractivity contribution in [3.63, 3.8) is 0 Å². The van der Waals surface area contributed by atoms with E-state index in [1.165, 1.54) is 25.7 Å². The number of hydrogen-bond acceptors (Lipinski definition) is 3. The summed E-state index contributed by atoms with van der Waals surface area (Å²) in [5.74, 6) is 1.94. The molecule has 3 N–H and O–H groups in total. The zero-order chi connectivity index (χ0) is 23.0. The molecule has 0 radical (unpaired) electrons. The molecule has 3 fully saturated rings. The molecule has 3 aliphatic carbocycles. The summed E-state index contributed by atoms with van der Waals surface area (Å²) < 4.78 is 0. The Balaban J connectivity index is 1.73. The van der Waals surface area contributed by atoms with Gasteiger partial charge in [0.1, 0.15) is 0 Å². The lowest BCUT2D eigenvalue weighted by Crippen LogP contribution is -2.35. The van der Waals surface area contributed by atoms with E-state index in [1.807, 2.05) is 13.8 Å². The van der Waals surface area contributed by atoms with E-state index in [2.05, 4.69) is 51.7 Å². The first-order chi connectivity index (χ1) is 14.4. The first-order valence-corrected chi connectivity index (χ1v) is 12.3. The van der Waals surface area contributed by atoms with Crippen molar-refractivity contribution >= 4 is 0 Å². The Morgan fingerprint density at radius 2 is 1.71 bits per heavy atom. The van der Waals surface area contributed by atoms with Gasteiger partial charge in [-0.2, -0.15) is 0 Å². The van der Waals surface area contributed by atoms with Gasteiger partial charge in [-0.3, -0.25) is 0 Å². The fraction of sp³-hybridized carbons (Fsp3) is 0.714. The summed E-state index contributed by atoms with van der Waals surface area (Å²) in [7, 11) is 0. The Kier molecular flexibility index (Phi) is 7.40. The van der Waals surface area contributed by atoms with Crippen LogP contribution in [0, 0.1) is 29.1 Å². The summed E-state index contributed by atoms with van der Waals surface area (Å²) in [5.41, 5.74) is 2.87. The molecule has 7 atom stereocenters. The first kappa shape index (κ1) is 24.5. The standard InChI is InChI=1S/C28H44O3/c1-18(9-10-19(2)27(4,5)31)23-13-14-24-22(8-7-15-28(23,24)6)12-11-21-16-25(29)20(3)26(30)17-21/h9-12,18-19,23-26,29-31H,3,7-8,13-17H2,1-2,4-6H3/b10-9+,22-12-/t18-,19+,23+,24-,25+,26+,28+/m0/s1. The SMILES string of the molecule is C=C1[C@H](O)CC(=C/C=C2/CCC[C@]3(C)[C@@H]([C@@H](C)/C=C/[C@@H](C)C(C)(C)O)CC[C@@H]23)C[C@H]1O. The van der Waals surface area contributed by atoms with Crippen LogP contribution >= 0.6 is 0 Å². The fourth-order valence-electron chi connectivity index (χ4n) is 6.28. The van der Waals surface area contributed by atoms with Crippen LogP contribution in [0.4, 0.5) is 0 Å². The van der Waals surface area contributed by atoms with Crippen molar-refractivity contribution in [2.45, 2.75) is 97.4 Å². The number of aliphatic hydroxyl groups is 3. The van der Waals surface area contributed by atoms with Crippen molar-refractivity contribution in [3.05, 3.63) is 47.6 Å². The van der Waals surface area contributed by atoms with Gasteiger partial charge in [-0.25, -0.2) is 0 Å². The normalized spacial score (nSPS) is 37.9. The molecule has 0 aliphatic heterocycles. The third-order valence-electron chi connectivity index (χ3n) is 8.79. The highest BCUT2D eigenvalue weighted by Gasteiger charge is 2.50. The second kappa shape index (κ2) is 9.37. The number of allylic oxidation sites excluding steroid dienone is 4. The van der Waals surface area contributed by atoms with Crippen molar-refractivity contribution in [1.82, 2.24) is 0 Å². The molecule has 0 amide bonds. The van der Waals surface area contributed by atoms with E-state index in [9.17, 15) is 15.3 Å². The van der Waals surface area contributed by atoms with Crippen molar-refractivity contribution in [3.8, 4) is 0 Å². The van der Waals surface area contributed by atoms with E-state index in [0.29, 0.717) is 41.6 Å². The molecule has 0 spiro atoms. The van der Waals surface area contributed by atoms with E-state index in [1.54, 1.807) is 5.57 Å². The Labute approximate surface area is 189 Å². The molecule has 0 bridgehead atoms. The molecule has 3 heteroatoms. The summed E-state index contributed by atoms with van der Waals surface area (Å²) in [4.78, 5) is 0. The summed E-state index contributed by atoms with van der Waals surface area (Å²) >= 11 is 0. The van der Waals surface area contributed by atoms with Gasteiger partial charge in [0, 0.05) is 5.92 Å². The van der Waals surface area contributed by atoms with Crippen molar-refractivity contribution in [2.24, 2.45) is 29.1 Å². The molecule has 3 aliphatic rings. The predicted octanol–water partition coefficient (Wildman–Crippen LogP) is 5.73. The topological polar surface area (TPSA) is 60.7 Å². The lowest BCUT2D eigenvalue weighted by Gasteiger charge is -2.44.